The van der Waals surface area contributed by atoms with Crippen molar-refractivity contribution in [2.24, 2.45) is 0 Å². The molecule has 2 nitrogen and oxygen atoms in total. The Balaban J connectivity index is 1.80. The Morgan fingerprint density at radius 2 is 2.33 bits per heavy atom. The Kier molecular flexibility index (Phi) is 4.35. The normalized spacial score (nSPS) is 36.6. The summed E-state index contributed by atoms with van der Waals surface area (Å²) in [5, 5.41) is 4.48. The Hall–Kier alpha value is 0.270. The first-order valence-electron chi connectivity index (χ1n) is 6.38. The fourth-order valence-electron chi connectivity index (χ4n) is 2.78. The Morgan fingerprint density at radius 1 is 1.47 bits per heavy atom. The largest absolute Gasteiger partial charge is 0.313 e. The number of thioether (sulfide) groups is 1. The first kappa shape index (κ1) is 11.7. The van der Waals surface area contributed by atoms with Crippen LogP contribution in [0.15, 0.2) is 0 Å². The summed E-state index contributed by atoms with van der Waals surface area (Å²) in [4.78, 5) is 2.69. The lowest BCUT2D eigenvalue weighted by Gasteiger charge is -2.29. The van der Waals surface area contributed by atoms with E-state index in [1.807, 2.05) is 0 Å². The second-order valence-corrected chi connectivity index (χ2v) is 6.39. The minimum absolute atomic E-state index is 0.769. The molecule has 0 radical (unpaired) electrons. The van der Waals surface area contributed by atoms with Gasteiger partial charge in [-0.15, -0.1) is 0 Å². The minimum Gasteiger partial charge on any atom is -0.313 e. The monoisotopic (exact) mass is 228 g/mol. The molecular weight excluding hydrogens is 204 g/mol. The van der Waals surface area contributed by atoms with Gasteiger partial charge in [0, 0.05) is 29.6 Å². The molecule has 0 aromatic heterocycles. The van der Waals surface area contributed by atoms with Gasteiger partial charge < -0.3 is 5.32 Å². The molecule has 2 fully saturated rings. The molecule has 88 valence electrons. The van der Waals surface area contributed by atoms with Gasteiger partial charge in [0.2, 0.25) is 0 Å². The van der Waals surface area contributed by atoms with Crippen molar-refractivity contribution in [2.45, 2.75) is 50.4 Å². The average molecular weight is 228 g/mol. The first-order chi connectivity index (χ1) is 7.29. The predicted molar refractivity (Wildman–Crippen MR) is 68.6 cm³/mol. The number of nitrogens with one attached hydrogen (secondary N) is 1. The average Bonchev–Trinajstić information content (AvgIpc) is 2.85. The van der Waals surface area contributed by atoms with Gasteiger partial charge in [-0.3, -0.25) is 4.90 Å². The molecule has 0 aromatic rings. The lowest BCUT2D eigenvalue weighted by molar-refractivity contribution is 0.201. The number of nitrogens with zero attached hydrogens (tertiary/aromatic N) is 1. The molecule has 3 atom stereocenters. The molecule has 3 unspecified atom stereocenters. The van der Waals surface area contributed by atoms with Crippen LogP contribution in [0, 0.1) is 0 Å². The first-order valence-corrected chi connectivity index (χ1v) is 7.43. The van der Waals surface area contributed by atoms with Crippen molar-refractivity contribution in [3.63, 3.8) is 0 Å². The van der Waals surface area contributed by atoms with Gasteiger partial charge in [-0.05, 0) is 32.4 Å². The van der Waals surface area contributed by atoms with Crippen LogP contribution >= 0.6 is 11.8 Å². The summed E-state index contributed by atoms with van der Waals surface area (Å²) < 4.78 is 0. The van der Waals surface area contributed by atoms with Gasteiger partial charge in [0.1, 0.15) is 0 Å². The van der Waals surface area contributed by atoms with Crippen LogP contribution in [0.3, 0.4) is 0 Å². The quantitative estimate of drug-likeness (QED) is 0.792. The van der Waals surface area contributed by atoms with Crippen LogP contribution in [0.25, 0.3) is 0 Å². The van der Waals surface area contributed by atoms with Gasteiger partial charge in [0.15, 0.2) is 0 Å². The van der Waals surface area contributed by atoms with E-state index in [0.29, 0.717) is 0 Å². The topological polar surface area (TPSA) is 15.3 Å². The van der Waals surface area contributed by atoms with E-state index in [0.717, 1.165) is 17.3 Å². The van der Waals surface area contributed by atoms with Gasteiger partial charge in [-0.2, -0.15) is 11.8 Å². The van der Waals surface area contributed by atoms with Crippen LogP contribution in [-0.2, 0) is 0 Å². The third kappa shape index (κ3) is 3.11. The third-order valence-corrected chi connectivity index (χ3v) is 5.06. The molecule has 0 saturated carbocycles. The van der Waals surface area contributed by atoms with Crippen molar-refractivity contribution in [2.75, 3.05) is 25.4 Å². The number of rotatable bonds is 4. The van der Waals surface area contributed by atoms with Gasteiger partial charge in [-0.25, -0.2) is 0 Å². The van der Waals surface area contributed by atoms with Gasteiger partial charge in [0.05, 0.1) is 0 Å². The fraction of sp³-hybridized carbons (Fsp3) is 1.00. The molecule has 1 N–H and O–H groups in total. The van der Waals surface area contributed by atoms with Crippen LogP contribution in [0.4, 0.5) is 0 Å². The van der Waals surface area contributed by atoms with Crippen LogP contribution in [0.1, 0.15) is 33.1 Å². The molecule has 2 saturated heterocycles. The molecule has 0 amide bonds. The molecule has 0 bridgehead atoms. The highest BCUT2D eigenvalue weighted by atomic mass is 32.2. The summed E-state index contributed by atoms with van der Waals surface area (Å²) in [5.41, 5.74) is 0. The fourth-order valence-corrected chi connectivity index (χ4v) is 4.04. The zero-order valence-corrected chi connectivity index (χ0v) is 10.9. The third-order valence-electron chi connectivity index (χ3n) is 3.72. The van der Waals surface area contributed by atoms with Gasteiger partial charge in [0.25, 0.3) is 0 Å². The summed E-state index contributed by atoms with van der Waals surface area (Å²) in [5.74, 6) is 1.35. The van der Waals surface area contributed by atoms with Crippen molar-refractivity contribution in [3.05, 3.63) is 0 Å². The van der Waals surface area contributed by atoms with Crippen LogP contribution in [-0.4, -0.2) is 47.6 Å². The molecule has 15 heavy (non-hydrogen) atoms. The van der Waals surface area contributed by atoms with E-state index in [2.05, 4.69) is 35.8 Å². The maximum atomic E-state index is 3.61. The molecule has 0 aromatic carbocycles. The Bertz CT molecular complexity index is 192. The highest BCUT2D eigenvalue weighted by Gasteiger charge is 2.28. The van der Waals surface area contributed by atoms with Crippen molar-refractivity contribution in [1.29, 1.82) is 0 Å². The van der Waals surface area contributed by atoms with Crippen molar-refractivity contribution < 1.29 is 0 Å². The highest BCUT2D eigenvalue weighted by molar-refractivity contribution is 8.00. The number of likely N-dealkylation sites (N-methyl/N-ethyl adjacent to an activating group) is 1. The summed E-state index contributed by atoms with van der Waals surface area (Å²) in [6.45, 7) is 8.40. The predicted octanol–water partition coefficient (Wildman–Crippen LogP) is 1.95. The SMILES string of the molecule is CCN(CC1CCCN1)C1CSC(C)C1. The molecular formula is C12H24N2S. The van der Waals surface area contributed by atoms with Crippen molar-refractivity contribution >= 4 is 11.8 Å². The zero-order valence-electron chi connectivity index (χ0n) is 10.0. The van der Waals surface area contributed by atoms with Crippen LogP contribution in [0.5, 0.6) is 0 Å². The van der Waals surface area contributed by atoms with E-state index in [9.17, 15) is 0 Å². The Morgan fingerprint density at radius 3 is 2.87 bits per heavy atom. The van der Waals surface area contributed by atoms with E-state index >= 15 is 0 Å². The minimum atomic E-state index is 0.769. The summed E-state index contributed by atoms with van der Waals surface area (Å²) >= 11 is 2.14. The summed E-state index contributed by atoms with van der Waals surface area (Å²) in [6, 6.07) is 1.61. The molecule has 0 aliphatic carbocycles. The van der Waals surface area contributed by atoms with E-state index in [-0.39, 0.29) is 0 Å². The molecule has 2 heterocycles. The van der Waals surface area contributed by atoms with E-state index in [4.69, 9.17) is 0 Å². The Labute approximate surface area is 98.2 Å². The molecule has 3 heteroatoms. The van der Waals surface area contributed by atoms with E-state index in [1.54, 1.807) is 0 Å². The lowest BCUT2D eigenvalue weighted by Crippen LogP contribution is -2.43. The maximum absolute atomic E-state index is 3.61. The zero-order chi connectivity index (χ0) is 10.7. The molecule has 2 aliphatic rings. The van der Waals surface area contributed by atoms with E-state index < -0.39 is 0 Å². The molecule has 0 spiro atoms. The highest BCUT2D eigenvalue weighted by Crippen LogP contribution is 2.29. The second kappa shape index (κ2) is 5.55. The van der Waals surface area contributed by atoms with Crippen molar-refractivity contribution in [3.8, 4) is 0 Å². The van der Waals surface area contributed by atoms with E-state index in [1.165, 1.54) is 44.6 Å². The van der Waals surface area contributed by atoms with Gasteiger partial charge in [-0.1, -0.05) is 13.8 Å². The number of hydrogen-bond donors (Lipinski definition) is 1. The molecule has 2 rings (SSSR count). The standard InChI is InChI=1S/C12H24N2S/c1-3-14(8-11-5-4-6-13-11)12-7-10(2)15-9-12/h10-13H,3-9H2,1-2H3. The van der Waals surface area contributed by atoms with Gasteiger partial charge >= 0.3 is 0 Å². The summed E-state index contributed by atoms with van der Waals surface area (Å²) in [6.07, 6.45) is 4.15. The smallest absolute Gasteiger partial charge is 0.0197 e. The number of hydrogen-bond acceptors (Lipinski definition) is 3. The molecule has 2 aliphatic heterocycles. The lowest BCUT2D eigenvalue weighted by atomic mass is 10.1. The second-order valence-electron chi connectivity index (χ2n) is 4.91. The van der Waals surface area contributed by atoms with Crippen LogP contribution < -0.4 is 5.32 Å². The van der Waals surface area contributed by atoms with Crippen molar-refractivity contribution in [1.82, 2.24) is 10.2 Å². The van der Waals surface area contributed by atoms with Crippen LogP contribution in [0.2, 0.25) is 0 Å². The summed E-state index contributed by atoms with van der Waals surface area (Å²) in [7, 11) is 0. The maximum Gasteiger partial charge on any atom is 0.0197 e.